The first kappa shape index (κ1) is 24.7. The van der Waals surface area contributed by atoms with Crippen LogP contribution in [0.1, 0.15) is 13.3 Å². The number of rotatable bonds is 7. The third kappa shape index (κ3) is 5.49. The van der Waals surface area contributed by atoms with E-state index in [-0.39, 0.29) is 36.3 Å². The number of carbonyl (C=O) groups excluding carboxylic acids is 1. The SMILES string of the molecule is CNC(=O)COc1cc2cc(Nc3nc(N4C[C@@H](C)C[C@@H](CO)C4)ncc3Cl)ccc2n(C)c1=O. The number of aliphatic hydroxyl groups excluding tert-OH is 1. The average Bonchev–Trinajstić information content (AvgIpc) is 2.85. The summed E-state index contributed by atoms with van der Waals surface area (Å²) in [5, 5.41) is 16.4. The number of likely N-dealkylation sites (N-methyl/N-ethyl adjacent to an activating group) is 1. The van der Waals surface area contributed by atoms with Crippen molar-refractivity contribution in [3.63, 3.8) is 0 Å². The van der Waals surface area contributed by atoms with Crippen LogP contribution in [0.4, 0.5) is 17.5 Å². The average molecular weight is 501 g/mol. The van der Waals surface area contributed by atoms with Gasteiger partial charge in [-0.1, -0.05) is 18.5 Å². The first-order chi connectivity index (χ1) is 16.8. The fourth-order valence-electron chi connectivity index (χ4n) is 4.36. The van der Waals surface area contributed by atoms with Crippen LogP contribution in [0.25, 0.3) is 10.9 Å². The Labute approximate surface area is 207 Å². The Morgan fingerprint density at radius 3 is 2.86 bits per heavy atom. The highest BCUT2D eigenvalue weighted by atomic mass is 35.5. The van der Waals surface area contributed by atoms with E-state index in [0.717, 1.165) is 18.4 Å². The molecular formula is C24H29ClN6O4. The number of nitrogens with one attached hydrogen (secondary N) is 2. The zero-order valence-electron chi connectivity index (χ0n) is 19.9. The van der Waals surface area contributed by atoms with Gasteiger partial charge < -0.3 is 29.9 Å². The molecule has 1 fully saturated rings. The Morgan fingerprint density at radius 2 is 2.11 bits per heavy atom. The van der Waals surface area contributed by atoms with Gasteiger partial charge in [0.15, 0.2) is 18.2 Å². The Hall–Kier alpha value is -3.37. The smallest absolute Gasteiger partial charge is 0.293 e. The lowest BCUT2D eigenvalue weighted by atomic mass is 9.91. The summed E-state index contributed by atoms with van der Waals surface area (Å²) in [5.74, 6) is 1.36. The quantitative estimate of drug-likeness (QED) is 0.452. The molecule has 2 aromatic heterocycles. The topological polar surface area (TPSA) is 122 Å². The molecule has 0 unspecified atom stereocenters. The predicted octanol–water partition coefficient (Wildman–Crippen LogP) is 2.30. The molecule has 1 aliphatic heterocycles. The van der Waals surface area contributed by atoms with Crippen molar-refractivity contribution in [1.29, 1.82) is 0 Å². The minimum atomic E-state index is -0.331. The van der Waals surface area contributed by atoms with Crippen molar-refractivity contribution in [2.45, 2.75) is 13.3 Å². The van der Waals surface area contributed by atoms with Crippen LogP contribution in [0.15, 0.2) is 35.3 Å². The number of piperidine rings is 1. The summed E-state index contributed by atoms with van der Waals surface area (Å²) >= 11 is 6.39. The van der Waals surface area contributed by atoms with Crippen LogP contribution in [-0.2, 0) is 11.8 Å². The van der Waals surface area contributed by atoms with Crippen LogP contribution in [0.3, 0.4) is 0 Å². The van der Waals surface area contributed by atoms with Crippen molar-refractivity contribution in [3.05, 3.63) is 45.8 Å². The zero-order valence-corrected chi connectivity index (χ0v) is 20.7. The van der Waals surface area contributed by atoms with Crippen LogP contribution < -0.4 is 25.8 Å². The number of pyridine rings is 1. The first-order valence-electron chi connectivity index (χ1n) is 11.4. The number of benzene rings is 1. The number of amides is 1. The van der Waals surface area contributed by atoms with Gasteiger partial charge in [0, 0.05) is 44.9 Å². The zero-order chi connectivity index (χ0) is 25.1. The number of anilines is 3. The van der Waals surface area contributed by atoms with Gasteiger partial charge in [-0.25, -0.2) is 4.98 Å². The Kier molecular flexibility index (Phi) is 7.42. The van der Waals surface area contributed by atoms with Crippen molar-refractivity contribution in [2.75, 3.05) is 43.6 Å². The summed E-state index contributed by atoms with van der Waals surface area (Å²) in [6.45, 7) is 3.53. The molecule has 3 aromatic rings. The lowest BCUT2D eigenvalue weighted by Gasteiger charge is -2.35. The van der Waals surface area contributed by atoms with Crippen LogP contribution in [0.5, 0.6) is 5.75 Å². The molecule has 3 heterocycles. The number of aryl methyl sites for hydroxylation is 1. The van der Waals surface area contributed by atoms with Crippen molar-refractivity contribution < 1.29 is 14.6 Å². The van der Waals surface area contributed by atoms with Gasteiger partial charge in [0.1, 0.15) is 5.02 Å². The first-order valence-corrected chi connectivity index (χ1v) is 11.8. The molecule has 0 spiro atoms. The highest BCUT2D eigenvalue weighted by Gasteiger charge is 2.26. The van der Waals surface area contributed by atoms with E-state index in [4.69, 9.17) is 16.3 Å². The molecule has 35 heavy (non-hydrogen) atoms. The van der Waals surface area contributed by atoms with Gasteiger partial charge in [0.25, 0.3) is 11.5 Å². The maximum Gasteiger partial charge on any atom is 0.293 e. The molecule has 2 atom stereocenters. The lowest BCUT2D eigenvalue weighted by Crippen LogP contribution is -2.41. The van der Waals surface area contributed by atoms with E-state index in [0.29, 0.717) is 40.5 Å². The van der Waals surface area contributed by atoms with Gasteiger partial charge in [0.2, 0.25) is 5.95 Å². The van der Waals surface area contributed by atoms with Gasteiger partial charge >= 0.3 is 0 Å². The van der Waals surface area contributed by atoms with Gasteiger partial charge in [0.05, 0.1) is 11.7 Å². The normalized spacial score (nSPS) is 17.9. The highest BCUT2D eigenvalue weighted by molar-refractivity contribution is 6.32. The fourth-order valence-corrected chi connectivity index (χ4v) is 4.50. The van der Waals surface area contributed by atoms with E-state index in [9.17, 15) is 14.7 Å². The molecule has 3 N–H and O–H groups in total. The van der Waals surface area contributed by atoms with Crippen molar-refractivity contribution >= 4 is 45.9 Å². The molecule has 4 rings (SSSR count). The molecule has 0 saturated carbocycles. The molecular weight excluding hydrogens is 472 g/mol. The Balaban J connectivity index is 1.61. The van der Waals surface area contributed by atoms with Gasteiger partial charge in [-0.3, -0.25) is 9.59 Å². The summed E-state index contributed by atoms with van der Waals surface area (Å²) in [4.78, 5) is 35.3. The number of aromatic nitrogens is 3. The summed E-state index contributed by atoms with van der Waals surface area (Å²) in [6.07, 6.45) is 2.54. The summed E-state index contributed by atoms with van der Waals surface area (Å²) in [6, 6.07) is 7.11. The summed E-state index contributed by atoms with van der Waals surface area (Å²) in [5.41, 5.74) is 1.09. The molecule has 11 heteroatoms. The number of hydrogen-bond donors (Lipinski definition) is 3. The van der Waals surface area contributed by atoms with E-state index in [1.54, 1.807) is 19.3 Å². The number of nitrogens with zero attached hydrogens (tertiary/aromatic N) is 4. The van der Waals surface area contributed by atoms with Crippen LogP contribution >= 0.6 is 11.6 Å². The second-order valence-corrected chi connectivity index (χ2v) is 9.30. The number of halogens is 1. The molecule has 1 aromatic carbocycles. The van der Waals surface area contributed by atoms with Crippen molar-refractivity contribution in [2.24, 2.45) is 18.9 Å². The van der Waals surface area contributed by atoms with E-state index in [1.807, 2.05) is 18.2 Å². The number of hydrogen-bond acceptors (Lipinski definition) is 8. The molecule has 0 aliphatic carbocycles. The Morgan fingerprint density at radius 1 is 1.31 bits per heavy atom. The second kappa shape index (κ2) is 10.5. The standard InChI is InChI=1S/C24H29ClN6O4/c1-14-6-15(12-32)11-31(10-14)24-27-9-18(25)22(29-24)28-17-4-5-19-16(7-17)8-20(23(34)30(19)3)35-13-21(33)26-2/h4-5,7-9,14-15,32H,6,10-13H2,1-3H3,(H,26,33)(H,27,28,29)/t14-,15+/m0/s1. The largest absolute Gasteiger partial charge is 0.478 e. The third-order valence-corrected chi connectivity index (χ3v) is 6.39. The highest BCUT2D eigenvalue weighted by Crippen LogP contribution is 2.30. The lowest BCUT2D eigenvalue weighted by molar-refractivity contribution is -0.122. The fraction of sp³-hybridized carbons (Fsp3) is 0.417. The van der Waals surface area contributed by atoms with Crippen molar-refractivity contribution in [1.82, 2.24) is 19.9 Å². The van der Waals surface area contributed by atoms with Gasteiger partial charge in [-0.15, -0.1) is 0 Å². The molecule has 1 amide bonds. The number of aliphatic hydroxyl groups is 1. The number of fused-ring (bicyclic) bond motifs is 1. The maximum atomic E-state index is 12.6. The number of ether oxygens (including phenoxy) is 1. The monoisotopic (exact) mass is 500 g/mol. The van der Waals surface area contributed by atoms with Crippen LogP contribution in [-0.4, -0.2) is 58.9 Å². The molecule has 186 valence electrons. The molecule has 10 nitrogen and oxygen atoms in total. The maximum absolute atomic E-state index is 12.6. The van der Waals surface area contributed by atoms with Crippen molar-refractivity contribution in [3.8, 4) is 5.75 Å². The molecule has 1 saturated heterocycles. The van der Waals surface area contributed by atoms with E-state index < -0.39 is 0 Å². The number of carbonyl (C=O) groups is 1. The molecule has 1 aliphatic rings. The van der Waals surface area contributed by atoms with E-state index in [2.05, 4.69) is 32.4 Å². The minimum Gasteiger partial charge on any atom is -0.478 e. The summed E-state index contributed by atoms with van der Waals surface area (Å²) in [7, 11) is 3.15. The van der Waals surface area contributed by atoms with Crippen LogP contribution in [0, 0.1) is 11.8 Å². The van der Waals surface area contributed by atoms with E-state index in [1.165, 1.54) is 11.6 Å². The van der Waals surface area contributed by atoms with E-state index >= 15 is 0 Å². The minimum absolute atomic E-state index is 0.0840. The molecule has 0 radical (unpaired) electrons. The second-order valence-electron chi connectivity index (χ2n) is 8.89. The van der Waals surface area contributed by atoms with Gasteiger partial charge in [-0.2, -0.15) is 4.98 Å². The molecule has 0 bridgehead atoms. The Bertz CT molecular complexity index is 1300. The van der Waals surface area contributed by atoms with Gasteiger partial charge in [-0.05, 0) is 42.5 Å². The predicted molar refractivity (Wildman–Crippen MR) is 136 cm³/mol. The van der Waals surface area contributed by atoms with Crippen LogP contribution in [0.2, 0.25) is 5.02 Å². The summed E-state index contributed by atoms with van der Waals surface area (Å²) < 4.78 is 6.91. The third-order valence-electron chi connectivity index (χ3n) is 6.11.